The highest BCUT2D eigenvalue weighted by Crippen LogP contribution is 2.21. The van der Waals surface area contributed by atoms with Crippen molar-refractivity contribution in [2.45, 2.75) is 19.6 Å². The van der Waals surface area contributed by atoms with Crippen molar-refractivity contribution in [3.05, 3.63) is 90.0 Å². The summed E-state index contributed by atoms with van der Waals surface area (Å²) >= 11 is 0. The van der Waals surface area contributed by atoms with Crippen LogP contribution in [0.15, 0.2) is 78.9 Å². The van der Waals surface area contributed by atoms with Crippen LogP contribution in [0.5, 0.6) is 11.5 Å². The predicted octanol–water partition coefficient (Wildman–Crippen LogP) is 4.03. The first-order chi connectivity index (χ1) is 14.6. The molecule has 3 rings (SSSR count). The zero-order chi connectivity index (χ0) is 21.3. The van der Waals surface area contributed by atoms with E-state index in [1.54, 1.807) is 62.6 Å². The van der Waals surface area contributed by atoms with E-state index in [0.29, 0.717) is 29.3 Å². The van der Waals surface area contributed by atoms with Crippen LogP contribution in [0, 0.1) is 0 Å². The summed E-state index contributed by atoms with van der Waals surface area (Å²) in [4.78, 5) is 25.3. The number of carbonyl (C=O) groups is 2. The van der Waals surface area contributed by atoms with Gasteiger partial charge in [-0.3, -0.25) is 9.59 Å². The average Bonchev–Trinajstić information content (AvgIpc) is 2.78. The number of amides is 2. The quantitative estimate of drug-likeness (QED) is 0.594. The van der Waals surface area contributed by atoms with Crippen molar-refractivity contribution < 1.29 is 19.1 Å². The first-order valence-electron chi connectivity index (χ1n) is 9.59. The molecule has 0 aromatic heterocycles. The fourth-order valence-electron chi connectivity index (χ4n) is 2.83. The Morgan fingerprint density at radius 1 is 0.900 bits per heavy atom. The second-order valence-corrected chi connectivity index (χ2v) is 6.64. The van der Waals surface area contributed by atoms with Crippen molar-refractivity contribution in [1.82, 2.24) is 5.32 Å². The van der Waals surface area contributed by atoms with Crippen LogP contribution >= 0.6 is 0 Å². The van der Waals surface area contributed by atoms with Crippen LogP contribution in [0.25, 0.3) is 0 Å². The van der Waals surface area contributed by atoms with Crippen molar-refractivity contribution in [3.8, 4) is 11.5 Å². The minimum absolute atomic E-state index is 0.267. The van der Waals surface area contributed by atoms with Crippen LogP contribution in [-0.4, -0.2) is 25.0 Å². The fraction of sp³-hybridized carbons (Fsp3) is 0.167. The number of ether oxygens (including phenoxy) is 2. The van der Waals surface area contributed by atoms with Gasteiger partial charge in [0.15, 0.2) is 6.10 Å². The minimum atomic E-state index is -0.766. The molecule has 6 heteroatoms. The van der Waals surface area contributed by atoms with Gasteiger partial charge in [0.2, 0.25) is 0 Å². The Bertz CT molecular complexity index is 1000. The summed E-state index contributed by atoms with van der Waals surface area (Å²) in [6.45, 7) is 2.05. The standard InChI is InChI=1S/C24H24N2O4/c1-17(30-20-12-8-11-19(15-20)29-2)23(27)26-22-14-7-6-13-21(22)24(28)25-16-18-9-4-3-5-10-18/h3-15,17H,16H2,1-2H3,(H,25,28)(H,26,27). The molecule has 0 aliphatic heterocycles. The summed E-state index contributed by atoms with van der Waals surface area (Å²) in [5.41, 5.74) is 1.80. The van der Waals surface area contributed by atoms with E-state index in [9.17, 15) is 9.59 Å². The summed E-state index contributed by atoms with van der Waals surface area (Å²) in [7, 11) is 1.56. The molecule has 2 N–H and O–H groups in total. The Morgan fingerprint density at radius 2 is 1.60 bits per heavy atom. The molecule has 3 aromatic carbocycles. The average molecular weight is 404 g/mol. The first-order valence-corrected chi connectivity index (χ1v) is 9.59. The molecule has 0 saturated heterocycles. The molecule has 154 valence electrons. The van der Waals surface area contributed by atoms with Gasteiger partial charge in [0.1, 0.15) is 11.5 Å². The van der Waals surface area contributed by atoms with Crippen LogP contribution < -0.4 is 20.1 Å². The molecule has 1 unspecified atom stereocenters. The molecule has 1 atom stereocenters. The fourth-order valence-corrected chi connectivity index (χ4v) is 2.83. The molecule has 0 spiro atoms. The van der Waals surface area contributed by atoms with Gasteiger partial charge < -0.3 is 20.1 Å². The third-order valence-electron chi connectivity index (χ3n) is 4.45. The summed E-state index contributed by atoms with van der Waals surface area (Å²) in [6.07, 6.45) is -0.766. The Hall–Kier alpha value is -3.80. The first kappa shape index (κ1) is 20.9. The van der Waals surface area contributed by atoms with Gasteiger partial charge in [-0.1, -0.05) is 48.5 Å². The summed E-state index contributed by atoms with van der Waals surface area (Å²) in [5.74, 6) is 0.531. The van der Waals surface area contributed by atoms with E-state index in [2.05, 4.69) is 10.6 Å². The summed E-state index contributed by atoms with van der Waals surface area (Å²) < 4.78 is 10.9. The van der Waals surface area contributed by atoms with Crippen molar-refractivity contribution in [2.24, 2.45) is 0 Å². The van der Waals surface area contributed by atoms with Gasteiger partial charge in [0, 0.05) is 12.6 Å². The minimum Gasteiger partial charge on any atom is -0.497 e. The number of nitrogens with one attached hydrogen (secondary N) is 2. The smallest absolute Gasteiger partial charge is 0.265 e. The lowest BCUT2D eigenvalue weighted by molar-refractivity contribution is -0.122. The van der Waals surface area contributed by atoms with E-state index in [-0.39, 0.29) is 11.8 Å². The van der Waals surface area contributed by atoms with Gasteiger partial charge in [-0.05, 0) is 36.8 Å². The molecular weight excluding hydrogens is 380 g/mol. The number of methoxy groups -OCH3 is 1. The van der Waals surface area contributed by atoms with Gasteiger partial charge in [-0.15, -0.1) is 0 Å². The van der Waals surface area contributed by atoms with E-state index >= 15 is 0 Å². The van der Waals surface area contributed by atoms with E-state index in [1.807, 2.05) is 30.3 Å². The zero-order valence-electron chi connectivity index (χ0n) is 16.9. The van der Waals surface area contributed by atoms with Gasteiger partial charge in [0.05, 0.1) is 18.4 Å². The number of rotatable bonds is 8. The van der Waals surface area contributed by atoms with Gasteiger partial charge in [-0.25, -0.2) is 0 Å². The van der Waals surface area contributed by atoms with Crippen molar-refractivity contribution in [1.29, 1.82) is 0 Å². The van der Waals surface area contributed by atoms with Crippen molar-refractivity contribution in [3.63, 3.8) is 0 Å². The lowest BCUT2D eigenvalue weighted by Gasteiger charge is -2.17. The van der Waals surface area contributed by atoms with Crippen LogP contribution in [0.3, 0.4) is 0 Å². The lowest BCUT2D eigenvalue weighted by atomic mass is 10.1. The topological polar surface area (TPSA) is 76.7 Å². The molecule has 2 amide bonds. The third-order valence-corrected chi connectivity index (χ3v) is 4.45. The second kappa shape index (κ2) is 10.1. The van der Waals surface area contributed by atoms with Crippen molar-refractivity contribution in [2.75, 3.05) is 12.4 Å². The highest BCUT2D eigenvalue weighted by Gasteiger charge is 2.18. The highest BCUT2D eigenvalue weighted by molar-refractivity contribution is 6.04. The number of anilines is 1. The molecule has 0 heterocycles. The Morgan fingerprint density at radius 3 is 2.37 bits per heavy atom. The molecule has 0 aliphatic carbocycles. The summed E-state index contributed by atoms with van der Waals surface area (Å²) in [5, 5.41) is 5.66. The summed E-state index contributed by atoms with van der Waals surface area (Å²) in [6, 6.07) is 23.5. The van der Waals surface area contributed by atoms with E-state index < -0.39 is 6.10 Å². The largest absolute Gasteiger partial charge is 0.497 e. The number of carbonyl (C=O) groups excluding carboxylic acids is 2. The van der Waals surface area contributed by atoms with Crippen LogP contribution in [0.4, 0.5) is 5.69 Å². The SMILES string of the molecule is COc1cccc(OC(C)C(=O)Nc2ccccc2C(=O)NCc2ccccc2)c1. The maximum absolute atomic E-state index is 12.6. The molecule has 6 nitrogen and oxygen atoms in total. The molecule has 3 aromatic rings. The highest BCUT2D eigenvalue weighted by atomic mass is 16.5. The third kappa shape index (κ3) is 5.61. The van der Waals surface area contributed by atoms with Gasteiger partial charge in [-0.2, -0.15) is 0 Å². The molecule has 0 saturated carbocycles. The maximum Gasteiger partial charge on any atom is 0.265 e. The molecule has 0 fully saturated rings. The maximum atomic E-state index is 12.6. The Kier molecular flexibility index (Phi) is 7.05. The predicted molar refractivity (Wildman–Crippen MR) is 116 cm³/mol. The molecule has 0 bridgehead atoms. The van der Waals surface area contributed by atoms with E-state index in [0.717, 1.165) is 5.56 Å². The Balaban J connectivity index is 1.64. The van der Waals surface area contributed by atoms with E-state index in [4.69, 9.17) is 9.47 Å². The lowest BCUT2D eigenvalue weighted by Crippen LogP contribution is -2.31. The number of benzene rings is 3. The Labute approximate surface area is 175 Å². The number of hydrogen-bond acceptors (Lipinski definition) is 4. The van der Waals surface area contributed by atoms with Gasteiger partial charge >= 0.3 is 0 Å². The molecule has 0 aliphatic rings. The zero-order valence-corrected chi connectivity index (χ0v) is 16.9. The number of hydrogen-bond donors (Lipinski definition) is 2. The number of para-hydroxylation sites is 1. The van der Waals surface area contributed by atoms with Crippen LogP contribution in [0.2, 0.25) is 0 Å². The molecule has 0 radical (unpaired) electrons. The van der Waals surface area contributed by atoms with Crippen LogP contribution in [0.1, 0.15) is 22.8 Å². The monoisotopic (exact) mass is 404 g/mol. The van der Waals surface area contributed by atoms with Crippen molar-refractivity contribution >= 4 is 17.5 Å². The second-order valence-electron chi connectivity index (χ2n) is 6.64. The molecular formula is C24H24N2O4. The normalized spacial score (nSPS) is 11.3. The van der Waals surface area contributed by atoms with Gasteiger partial charge in [0.25, 0.3) is 11.8 Å². The van der Waals surface area contributed by atoms with Crippen LogP contribution in [-0.2, 0) is 11.3 Å². The molecule has 30 heavy (non-hydrogen) atoms. The van der Waals surface area contributed by atoms with E-state index in [1.165, 1.54) is 0 Å².